The number of nitrogens with zero attached hydrogens (tertiary/aromatic N) is 3. The first kappa shape index (κ1) is 13.3. The first-order chi connectivity index (χ1) is 8.93. The van der Waals surface area contributed by atoms with Crippen LogP contribution in [0.3, 0.4) is 0 Å². The number of amides is 2. The molecule has 1 aromatic rings. The fourth-order valence-electron chi connectivity index (χ4n) is 1.91. The van der Waals surface area contributed by atoms with Crippen LogP contribution in [0.15, 0.2) is 6.33 Å². The fraction of sp³-hybridized carbons (Fsp3) is 0.636. The molecule has 1 saturated carbocycles. The Morgan fingerprint density at radius 3 is 2.74 bits per heavy atom. The van der Waals surface area contributed by atoms with Crippen LogP contribution in [0.2, 0.25) is 0 Å². The normalized spacial score (nSPS) is 17.6. The molecule has 2 amide bonds. The highest BCUT2D eigenvalue weighted by Gasteiger charge is 2.48. The highest BCUT2D eigenvalue weighted by Crippen LogP contribution is 2.39. The molecular weight excluding hydrogens is 250 g/mol. The molecule has 19 heavy (non-hydrogen) atoms. The van der Waals surface area contributed by atoms with Gasteiger partial charge in [0, 0.05) is 7.05 Å². The van der Waals surface area contributed by atoms with Crippen LogP contribution >= 0.6 is 0 Å². The fourth-order valence-corrected chi connectivity index (χ4v) is 1.91. The van der Waals surface area contributed by atoms with Crippen LogP contribution in [0, 0.1) is 5.92 Å². The van der Waals surface area contributed by atoms with E-state index < -0.39 is 17.5 Å². The number of aliphatic carboxylic acids is 1. The second kappa shape index (κ2) is 4.87. The molecule has 1 aliphatic carbocycles. The van der Waals surface area contributed by atoms with E-state index in [2.05, 4.69) is 20.7 Å². The molecule has 8 heteroatoms. The Kier molecular flexibility index (Phi) is 3.41. The zero-order valence-corrected chi connectivity index (χ0v) is 10.9. The molecule has 2 rings (SSSR count). The lowest BCUT2D eigenvalue weighted by Gasteiger charge is -2.26. The summed E-state index contributed by atoms with van der Waals surface area (Å²) in [6, 6.07) is -0.514. The Hall–Kier alpha value is -2.12. The molecule has 0 aliphatic heterocycles. The number of carbonyl (C=O) groups is 2. The van der Waals surface area contributed by atoms with Gasteiger partial charge in [0.1, 0.15) is 17.7 Å². The zero-order valence-electron chi connectivity index (χ0n) is 10.9. The Bertz CT molecular complexity index is 496. The van der Waals surface area contributed by atoms with Gasteiger partial charge in [0.2, 0.25) is 0 Å². The molecule has 1 unspecified atom stereocenters. The van der Waals surface area contributed by atoms with E-state index in [-0.39, 0.29) is 12.5 Å². The van der Waals surface area contributed by atoms with Crippen molar-refractivity contribution in [3.05, 3.63) is 12.2 Å². The first-order valence-corrected chi connectivity index (χ1v) is 6.05. The van der Waals surface area contributed by atoms with Crippen LogP contribution in [0.25, 0.3) is 0 Å². The van der Waals surface area contributed by atoms with Crippen LogP contribution in [0.4, 0.5) is 4.79 Å². The largest absolute Gasteiger partial charge is 0.480 e. The monoisotopic (exact) mass is 267 g/mol. The van der Waals surface area contributed by atoms with Crippen LogP contribution in [-0.2, 0) is 18.4 Å². The van der Waals surface area contributed by atoms with Crippen molar-refractivity contribution in [2.24, 2.45) is 13.0 Å². The van der Waals surface area contributed by atoms with E-state index in [1.165, 1.54) is 17.9 Å². The van der Waals surface area contributed by atoms with Crippen molar-refractivity contribution in [2.75, 3.05) is 0 Å². The van der Waals surface area contributed by atoms with Gasteiger partial charge in [0.15, 0.2) is 0 Å². The summed E-state index contributed by atoms with van der Waals surface area (Å²) in [6.45, 7) is 1.73. The molecule has 1 aromatic heterocycles. The first-order valence-electron chi connectivity index (χ1n) is 6.05. The highest BCUT2D eigenvalue weighted by molar-refractivity contribution is 5.86. The quantitative estimate of drug-likeness (QED) is 0.688. The predicted molar refractivity (Wildman–Crippen MR) is 65.1 cm³/mol. The molecule has 0 spiro atoms. The zero-order chi connectivity index (χ0) is 14.0. The van der Waals surface area contributed by atoms with Crippen molar-refractivity contribution < 1.29 is 14.7 Å². The maximum atomic E-state index is 11.8. The topological polar surface area (TPSA) is 109 Å². The van der Waals surface area contributed by atoms with Gasteiger partial charge in [-0.05, 0) is 25.7 Å². The van der Waals surface area contributed by atoms with Gasteiger partial charge in [-0.15, -0.1) is 0 Å². The average Bonchev–Trinajstić information content (AvgIpc) is 3.11. The number of hydrogen-bond donors (Lipinski definition) is 3. The summed E-state index contributed by atoms with van der Waals surface area (Å²) in [5.74, 6) is -0.409. The van der Waals surface area contributed by atoms with Gasteiger partial charge in [-0.25, -0.2) is 14.6 Å². The van der Waals surface area contributed by atoms with E-state index in [1.807, 2.05) is 0 Å². The lowest BCUT2D eigenvalue weighted by atomic mass is 9.96. The molecule has 0 aromatic carbocycles. The molecule has 1 atom stereocenters. The molecule has 1 heterocycles. The molecular formula is C11H17N5O3. The number of hydrogen-bond acceptors (Lipinski definition) is 4. The van der Waals surface area contributed by atoms with E-state index in [0.29, 0.717) is 5.82 Å². The van der Waals surface area contributed by atoms with Crippen LogP contribution in [0.1, 0.15) is 25.6 Å². The molecule has 0 bridgehead atoms. The molecule has 104 valence electrons. The number of aryl methyl sites for hydroxylation is 1. The summed E-state index contributed by atoms with van der Waals surface area (Å²) >= 11 is 0. The number of nitrogens with one attached hydrogen (secondary N) is 2. The second-order valence-electron chi connectivity index (χ2n) is 4.89. The molecule has 1 aliphatic rings. The van der Waals surface area contributed by atoms with E-state index >= 15 is 0 Å². The molecule has 0 saturated heterocycles. The number of carbonyl (C=O) groups excluding carboxylic acids is 1. The third-order valence-electron chi connectivity index (χ3n) is 3.42. The third-order valence-corrected chi connectivity index (χ3v) is 3.42. The van der Waals surface area contributed by atoms with Crippen molar-refractivity contribution >= 4 is 12.0 Å². The molecule has 1 fully saturated rings. The second-order valence-corrected chi connectivity index (χ2v) is 4.89. The highest BCUT2D eigenvalue weighted by atomic mass is 16.4. The van der Waals surface area contributed by atoms with Crippen molar-refractivity contribution in [3.8, 4) is 0 Å². The van der Waals surface area contributed by atoms with Crippen LogP contribution in [0.5, 0.6) is 0 Å². The van der Waals surface area contributed by atoms with Gasteiger partial charge in [-0.2, -0.15) is 5.10 Å². The van der Waals surface area contributed by atoms with E-state index in [1.54, 1.807) is 7.05 Å². The standard InChI is InChI=1S/C11H17N5O3/c1-11(9(17)18,7-3-4-7)15-10(19)12-5-8-13-6-14-16(8)2/h6-7H,3-5H2,1-2H3,(H,17,18)(H2,12,15,19). The number of carboxylic acid groups (broad SMARTS) is 1. The van der Waals surface area contributed by atoms with Crippen molar-refractivity contribution in [3.63, 3.8) is 0 Å². The minimum atomic E-state index is -1.20. The smallest absolute Gasteiger partial charge is 0.329 e. The minimum Gasteiger partial charge on any atom is -0.480 e. The summed E-state index contributed by atoms with van der Waals surface area (Å²) in [6.07, 6.45) is 3.04. The van der Waals surface area contributed by atoms with Crippen LogP contribution in [-0.4, -0.2) is 37.4 Å². The van der Waals surface area contributed by atoms with Gasteiger partial charge in [0.05, 0.1) is 6.54 Å². The SMILES string of the molecule is Cn1ncnc1CNC(=O)NC(C)(C(=O)O)C1CC1. The lowest BCUT2D eigenvalue weighted by molar-refractivity contribution is -0.144. The van der Waals surface area contributed by atoms with Gasteiger partial charge in [-0.3, -0.25) is 4.68 Å². The number of aromatic nitrogens is 3. The van der Waals surface area contributed by atoms with Gasteiger partial charge >= 0.3 is 12.0 Å². The Morgan fingerprint density at radius 2 is 2.26 bits per heavy atom. The van der Waals surface area contributed by atoms with Crippen molar-refractivity contribution in [1.29, 1.82) is 0 Å². The van der Waals surface area contributed by atoms with Gasteiger partial charge < -0.3 is 15.7 Å². The molecule has 8 nitrogen and oxygen atoms in total. The summed E-state index contributed by atoms with van der Waals surface area (Å²) in [4.78, 5) is 27.0. The average molecular weight is 267 g/mol. The Balaban J connectivity index is 1.90. The number of urea groups is 1. The summed E-state index contributed by atoms with van der Waals surface area (Å²) in [7, 11) is 1.72. The summed E-state index contributed by atoms with van der Waals surface area (Å²) in [5.41, 5.74) is -1.20. The maximum Gasteiger partial charge on any atom is 0.329 e. The predicted octanol–water partition coefficient (Wildman–Crippen LogP) is -0.132. The maximum absolute atomic E-state index is 11.8. The lowest BCUT2D eigenvalue weighted by Crippen LogP contribution is -2.56. The summed E-state index contributed by atoms with van der Waals surface area (Å²) < 4.78 is 1.54. The van der Waals surface area contributed by atoms with Crippen LogP contribution < -0.4 is 10.6 Å². The van der Waals surface area contributed by atoms with E-state index in [0.717, 1.165) is 12.8 Å². The number of rotatable bonds is 5. The number of carboxylic acids is 1. The Morgan fingerprint density at radius 1 is 1.58 bits per heavy atom. The van der Waals surface area contributed by atoms with Crippen molar-refractivity contribution in [2.45, 2.75) is 31.8 Å². The van der Waals surface area contributed by atoms with E-state index in [4.69, 9.17) is 0 Å². The van der Waals surface area contributed by atoms with E-state index in [9.17, 15) is 14.7 Å². The molecule has 0 radical (unpaired) electrons. The van der Waals surface area contributed by atoms with Crippen molar-refractivity contribution in [1.82, 2.24) is 25.4 Å². The Labute approximate surface area is 110 Å². The third kappa shape index (κ3) is 2.83. The summed E-state index contributed by atoms with van der Waals surface area (Å²) in [5, 5.41) is 18.2. The minimum absolute atomic E-state index is 0.00516. The molecule has 3 N–H and O–H groups in total. The van der Waals surface area contributed by atoms with Gasteiger partial charge in [-0.1, -0.05) is 0 Å². The van der Waals surface area contributed by atoms with Gasteiger partial charge in [0.25, 0.3) is 0 Å².